The number of hydrogen-bond acceptors (Lipinski definition) is 0. The van der Waals surface area contributed by atoms with Crippen LogP contribution in [0.25, 0.3) is 12.2 Å². The van der Waals surface area contributed by atoms with E-state index in [0.29, 0.717) is 0 Å². The van der Waals surface area contributed by atoms with Gasteiger partial charge in [-0.15, -0.1) is 0 Å². The van der Waals surface area contributed by atoms with Crippen molar-refractivity contribution in [2.75, 3.05) is 0 Å². The summed E-state index contributed by atoms with van der Waals surface area (Å²) in [5.41, 5.74) is 6.35. The Labute approximate surface area is 168 Å². The van der Waals surface area contributed by atoms with Crippen molar-refractivity contribution in [1.82, 2.24) is 0 Å². The van der Waals surface area contributed by atoms with Crippen molar-refractivity contribution in [3.63, 3.8) is 0 Å². The van der Waals surface area contributed by atoms with Crippen LogP contribution in [0.2, 0.25) is 13.1 Å². The minimum absolute atomic E-state index is 0. The molecular weight excluding hydrogens is 518 g/mol. The summed E-state index contributed by atoms with van der Waals surface area (Å²) in [6.45, 7) is 5.18. The summed E-state index contributed by atoms with van der Waals surface area (Å²) in [6, 6.07) is 18.3. The number of hydrogen-bond donors (Lipinski definition) is 0. The first-order chi connectivity index (χ1) is 10.7. The number of benzene rings is 2. The van der Waals surface area contributed by atoms with E-state index in [2.05, 4.69) is 73.8 Å². The maximum atomic E-state index is 2.59. The molecule has 2 aromatic carbocycles. The molecule has 2 aromatic rings. The number of halogens is 2. The quantitative estimate of drug-likeness (QED) is 0.386. The molecule has 1 saturated heterocycles. The molecule has 0 amide bonds. The third-order valence-electron chi connectivity index (χ3n) is 5.63. The van der Waals surface area contributed by atoms with Crippen LogP contribution in [-0.2, 0) is 22.9 Å². The molecular formula is C20H18Cl2HfSi. The molecule has 5 rings (SSSR count). The SMILES string of the molecule is C[Si]1(C)C2=Cc3ccccc3[CH]2[Hf+2][C@H]2C1=Cc1ccccc12.[Cl-].[Cl-]. The van der Waals surface area contributed by atoms with Gasteiger partial charge in [-0.2, -0.15) is 0 Å². The first kappa shape index (κ1) is 18.4. The van der Waals surface area contributed by atoms with Gasteiger partial charge in [0.05, 0.1) is 0 Å². The number of allylic oxidation sites excluding steroid dienone is 2. The van der Waals surface area contributed by atoms with E-state index in [9.17, 15) is 0 Å². The van der Waals surface area contributed by atoms with E-state index in [1.807, 2.05) is 10.4 Å². The van der Waals surface area contributed by atoms with E-state index in [0.717, 1.165) is 7.35 Å². The monoisotopic (exact) mass is 536 g/mol. The normalized spacial score (nSPS) is 23.6. The molecule has 0 saturated carbocycles. The van der Waals surface area contributed by atoms with Crippen LogP contribution < -0.4 is 24.8 Å². The van der Waals surface area contributed by atoms with Crippen LogP contribution in [-0.4, -0.2) is 8.07 Å². The molecule has 1 unspecified atom stereocenters. The molecule has 0 radical (unpaired) electrons. The molecule has 2 atom stereocenters. The van der Waals surface area contributed by atoms with Crippen LogP contribution in [0.3, 0.4) is 0 Å². The van der Waals surface area contributed by atoms with Crippen LogP contribution in [0.15, 0.2) is 58.9 Å². The minimum atomic E-state index is -1.48. The van der Waals surface area contributed by atoms with E-state index in [1.165, 1.54) is 11.1 Å². The Morgan fingerprint density at radius 3 is 1.58 bits per heavy atom. The molecule has 1 aliphatic heterocycles. The summed E-state index contributed by atoms with van der Waals surface area (Å²) in [4.78, 5) is 0. The Bertz CT molecular complexity index is 800. The van der Waals surface area contributed by atoms with Crippen molar-refractivity contribution >= 4 is 20.2 Å². The second kappa shape index (κ2) is 6.39. The van der Waals surface area contributed by atoms with Gasteiger partial charge in [0, 0.05) is 0 Å². The standard InChI is InChI=1S/C20H18Si.2ClH.Hf/c1-21(2,19-11-15-7-3-4-8-16(15)12-19)20-13-17-9-5-6-10-18(17)14-20;;;/h3-14H,1-2H3;2*1H;/q;;;+2/p-2. The van der Waals surface area contributed by atoms with Gasteiger partial charge in [0.1, 0.15) is 0 Å². The zero-order chi connectivity index (χ0) is 14.9. The van der Waals surface area contributed by atoms with Gasteiger partial charge in [0.15, 0.2) is 0 Å². The van der Waals surface area contributed by atoms with Crippen molar-refractivity contribution in [2.24, 2.45) is 0 Å². The Morgan fingerprint density at radius 2 is 1.12 bits per heavy atom. The summed E-state index contributed by atoms with van der Waals surface area (Å²) in [5.74, 6) is 0. The summed E-state index contributed by atoms with van der Waals surface area (Å²) in [5, 5.41) is 3.68. The van der Waals surface area contributed by atoms with Gasteiger partial charge < -0.3 is 24.8 Å². The molecule has 4 heteroatoms. The fraction of sp³-hybridized carbons (Fsp3) is 0.200. The zero-order valence-corrected chi connectivity index (χ0v) is 19.8. The molecule has 1 heterocycles. The van der Waals surface area contributed by atoms with E-state index < -0.39 is 31.0 Å². The van der Waals surface area contributed by atoms with Crippen LogP contribution in [0.5, 0.6) is 0 Å². The summed E-state index contributed by atoms with van der Waals surface area (Å²) in [7, 11) is -1.48. The molecule has 120 valence electrons. The molecule has 1 fully saturated rings. The second-order valence-corrected chi connectivity index (χ2v) is 16.9. The van der Waals surface area contributed by atoms with Crippen LogP contribution in [0.4, 0.5) is 0 Å². The molecule has 0 spiro atoms. The van der Waals surface area contributed by atoms with Crippen molar-refractivity contribution < 1.29 is 47.7 Å². The van der Waals surface area contributed by atoms with Crippen LogP contribution in [0.1, 0.15) is 29.6 Å². The predicted molar refractivity (Wildman–Crippen MR) is 91.8 cm³/mol. The third kappa shape index (κ3) is 2.41. The second-order valence-electron chi connectivity index (χ2n) is 7.11. The van der Waals surface area contributed by atoms with E-state index in [4.69, 9.17) is 0 Å². The molecule has 0 aromatic heterocycles. The van der Waals surface area contributed by atoms with Crippen LogP contribution >= 0.6 is 0 Å². The Morgan fingerprint density at radius 1 is 0.708 bits per heavy atom. The Balaban J connectivity index is 0.000000845. The number of rotatable bonds is 0. The maximum Gasteiger partial charge on any atom is -1.00 e. The summed E-state index contributed by atoms with van der Waals surface area (Å²) in [6.07, 6.45) is 5.14. The third-order valence-corrected chi connectivity index (χ3v) is 18.3. The largest absolute Gasteiger partial charge is 1.00 e. The molecule has 0 bridgehead atoms. The fourth-order valence-electron chi connectivity index (χ4n) is 4.42. The zero-order valence-electron chi connectivity index (χ0n) is 13.7. The van der Waals surface area contributed by atoms with Crippen molar-refractivity contribution in [1.29, 1.82) is 0 Å². The van der Waals surface area contributed by atoms with E-state index >= 15 is 0 Å². The Hall–Kier alpha value is -0.413. The smallest absolute Gasteiger partial charge is 1.00 e. The predicted octanol–water partition coefficient (Wildman–Crippen LogP) is -0.846. The molecule has 2 aliphatic carbocycles. The number of fused-ring (bicyclic) bond motifs is 6. The first-order valence-corrected chi connectivity index (χ1v) is 15.2. The van der Waals surface area contributed by atoms with E-state index in [-0.39, 0.29) is 24.8 Å². The molecule has 0 nitrogen and oxygen atoms in total. The molecule has 3 aliphatic rings. The topological polar surface area (TPSA) is 0 Å². The van der Waals surface area contributed by atoms with Gasteiger partial charge in [-0.05, 0) is 0 Å². The van der Waals surface area contributed by atoms with Gasteiger partial charge in [-0.1, -0.05) is 0 Å². The Kier molecular flexibility index (Phi) is 4.89. The van der Waals surface area contributed by atoms with Crippen molar-refractivity contribution in [2.45, 2.75) is 20.4 Å². The summed E-state index contributed by atoms with van der Waals surface area (Å²) >= 11 is -0.817. The minimum Gasteiger partial charge on any atom is -1.00 e. The molecule has 0 N–H and O–H groups in total. The molecule has 24 heavy (non-hydrogen) atoms. The van der Waals surface area contributed by atoms with Gasteiger partial charge >= 0.3 is 145 Å². The van der Waals surface area contributed by atoms with Crippen LogP contribution in [0, 0.1) is 0 Å². The van der Waals surface area contributed by atoms with Gasteiger partial charge in [0.25, 0.3) is 0 Å². The summed E-state index contributed by atoms with van der Waals surface area (Å²) < 4.78 is 1.71. The maximum absolute atomic E-state index is 2.59. The average molecular weight is 536 g/mol. The fourth-order valence-corrected chi connectivity index (χ4v) is 23.0. The first-order valence-electron chi connectivity index (χ1n) is 8.04. The van der Waals surface area contributed by atoms with Gasteiger partial charge in [-0.25, -0.2) is 0 Å². The van der Waals surface area contributed by atoms with Crippen molar-refractivity contribution in [3.05, 3.63) is 81.2 Å². The van der Waals surface area contributed by atoms with E-state index in [1.54, 1.807) is 11.1 Å². The van der Waals surface area contributed by atoms with Crippen molar-refractivity contribution in [3.8, 4) is 0 Å². The van der Waals surface area contributed by atoms with Gasteiger partial charge in [0.2, 0.25) is 0 Å². The average Bonchev–Trinajstić information content (AvgIpc) is 3.08. The van der Waals surface area contributed by atoms with Gasteiger partial charge in [-0.3, -0.25) is 0 Å².